The van der Waals surface area contributed by atoms with E-state index in [-0.39, 0.29) is 18.2 Å². The molecule has 0 unspecified atom stereocenters. The summed E-state index contributed by atoms with van der Waals surface area (Å²) in [5.41, 5.74) is -0.0776. The van der Waals surface area contributed by atoms with Crippen LogP contribution in [0.2, 0.25) is 0 Å². The van der Waals surface area contributed by atoms with E-state index in [1.807, 2.05) is 13.8 Å². The van der Waals surface area contributed by atoms with E-state index in [0.29, 0.717) is 13.0 Å². The molecule has 3 heteroatoms. The number of rotatable bonds is 5. The van der Waals surface area contributed by atoms with Gasteiger partial charge in [0.1, 0.15) is 0 Å². The van der Waals surface area contributed by atoms with E-state index in [1.165, 1.54) is 0 Å². The maximum Gasteiger partial charge on any atom is 0.0636 e. The molecule has 0 bridgehead atoms. The Morgan fingerprint density at radius 1 is 1.45 bits per heavy atom. The van der Waals surface area contributed by atoms with Crippen molar-refractivity contribution >= 4 is 0 Å². The van der Waals surface area contributed by atoms with Gasteiger partial charge in [-0.25, -0.2) is 0 Å². The van der Waals surface area contributed by atoms with Crippen LogP contribution in [0.3, 0.4) is 0 Å². The van der Waals surface area contributed by atoms with Gasteiger partial charge >= 0.3 is 0 Å². The minimum atomic E-state index is -0.326. The highest BCUT2D eigenvalue weighted by Crippen LogP contribution is 2.06. The summed E-state index contributed by atoms with van der Waals surface area (Å²) in [6, 6.07) is 0. The van der Waals surface area contributed by atoms with Crippen LogP contribution in [-0.4, -0.2) is 35.0 Å². The fourth-order valence-electron chi connectivity index (χ4n) is 0.792. The molecule has 3 N–H and O–H groups in total. The Kier molecular flexibility index (Phi) is 4.65. The van der Waals surface area contributed by atoms with Crippen LogP contribution in [0.5, 0.6) is 0 Å². The molecule has 68 valence electrons. The third kappa shape index (κ3) is 6.28. The Morgan fingerprint density at radius 2 is 2.00 bits per heavy atom. The predicted octanol–water partition coefficient (Wildman–Crippen LogP) is 0.118. The highest BCUT2D eigenvalue weighted by Gasteiger charge is 2.15. The molecule has 0 amide bonds. The Hall–Kier alpha value is -0.120. The lowest BCUT2D eigenvalue weighted by atomic mass is 10.0. The van der Waals surface area contributed by atoms with E-state index in [9.17, 15) is 0 Å². The molecule has 0 aliphatic rings. The maximum atomic E-state index is 8.96. The van der Waals surface area contributed by atoms with Gasteiger partial charge in [-0.15, -0.1) is 0 Å². The average molecular weight is 161 g/mol. The highest BCUT2D eigenvalue weighted by atomic mass is 16.3. The van der Waals surface area contributed by atoms with E-state index in [4.69, 9.17) is 10.2 Å². The zero-order valence-electron chi connectivity index (χ0n) is 7.59. The molecule has 0 spiro atoms. The van der Waals surface area contributed by atoms with E-state index in [2.05, 4.69) is 5.32 Å². The van der Waals surface area contributed by atoms with Gasteiger partial charge in [-0.1, -0.05) is 0 Å². The van der Waals surface area contributed by atoms with E-state index >= 15 is 0 Å². The van der Waals surface area contributed by atoms with Crippen LogP contribution < -0.4 is 5.32 Å². The van der Waals surface area contributed by atoms with Gasteiger partial charge in [0.2, 0.25) is 0 Å². The zero-order chi connectivity index (χ0) is 8.91. The lowest BCUT2D eigenvalue weighted by Crippen LogP contribution is -2.43. The van der Waals surface area contributed by atoms with Gasteiger partial charge in [0.05, 0.1) is 6.10 Å². The molecule has 0 rings (SSSR count). The van der Waals surface area contributed by atoms with Crippen molar-refractivity contribution in [3.05, 3.63) is 0 Å². The van der Waals surface area contributed by atoms with Crippen molar-refractivity contribution in [2.24, 2.45) is 0 Å². The quantitative estimate of drug-likeness (QED) is 0.537. The molecule has 0 radical (unpaired) electrons. The number of hydrogen-bond acceptors (Lipinski definition) is 3. The van der Waals surface area contributed by atoms with Crippen molar-refractivity contribution in [3.63, 3.8) is 0 Å². The van der Waals surface area contributed by atoms with Gasteiger partial charge in [-0.05, 0) is 27.2 Å². The van der Waals surface area contributed by atoms with Crippen molar-refractivity contribution in [2.45, 2.75) is 38.8 Å². The lowest BCUT2D eigenvalue weighted by molar-refractivity contribution is 0.164. The van der Waals surface area contributed by atoms with Gasteiger partial charge < -0.3 is 15.5 Å². The minimum absolute atomic E-state index is 0.0776. The molecule has 0 saturated carbocycles. The van der Waals surface area contributed by atoms with Gasteiger partial charge in [0.15, 0.2) is 0 Å². The maximum absolute atomic E-state index is 8.96. The summed E-state index contributed by atoms with van der Waals surface area (Å²) < 4.78 is 0. The molecule has 0 fully saturated rings. The SMILES string of the molecule is C[C@@H](O)CNC(C)(C)CCO. The molecule has 0 aliphatic carbocycles. The van der Waals surface area contributed by atoms with Crippen molar-refractivity contribution in [1.29, 1.82) is 0 Å². The molecular formula is C8H19NO2. The molecule has 3 nitrogen and oxygen atoms in total. The number of β-amino-alcohol motifs (C(OH)–C–C–N with tert-alkyl or cyclic N) is 1. The van der Waals surface area contributed by atoms with Gasteiger partial charge in [-0.2, -0.15) is 0 Å². The normalized spacial score (nSPS) is 15.0. The van der Waals surface area contributed by atoms with E-state index in [0.717, 1.165) is 0 Å². The van der Waals surface area contributed by atoms with Crippen LogP contribution in [0.15, 0.2) is 0 Å². The molecule has 0 aliphatic heterocycles. The molecule has 0 aromatic carbocycles. The minimum Gasteiger partial charge on any atom is -0.396 e. The summed E-state index contributed by atoms with van der Waals surface area (Å²) in [4.78, 5) is 0. The smallest absolute Gasteiger partial charge is 0.0636 e. The van der Waals surface area contributed by atoms with Gasteiger partial charge in [0, 0.05) is 18.7 Å². The average Bonchev–Trinajstić information content (AvgIpc) is 1.84. The third-order valence-corrected chi connectivity index (χ3v) is 1.61. The van der Waals surface area contributed by atoms with Crippen LogP contribution >= 0.6 is 0 Å². The molecule has 1 atom stereocenters. The first kappa shape index (κ1) is 10.9. The Morgan fingerprint density at radius 3 is 2.36 bits per heavy atom. The van der Waals surface area contributed by atoms with Crippen molar-refractivity contribution in [2.75, 3.05) is 13.2 Å². The second-order valence-corrected chi connectivity index (χ2v) is 3.59. The molecule has 11 heavy (non-hydrogen) atoms. The molecular weight excluding hydrogens is 142 g/mol. The van der Waals surface area contributed by atoms with Gasteiger partial charge in [0.25, 0.3) is 0 Å². The van der Waals surface area contributed by atoms with E-state index in [1.54, 1.807) is 6.92 Å². The Bertz CT molecular complexity index is 102. The van der Waals surface area contributed by atoms with Crippen molar-refractivity contribution < 1.29 is 10.2 Å². The number of nitrogens with one attached hydrogen (secondary N) is 1. The number of aliphatic hydroxyl groups excluding tert-OH is 2. The standard InChI is InChI=1S/C8H19NO2/c1-7(11)6-9-8(2,3)4-5-10/h7,9-11H,4-6H2,1-3H3/t7-/m1/s1. The first-order chi connectivity index (χ1) is 4.98. The number of hydrogen-bond donors (Lipinski definition) is 3. The molecule has 0 aromatic heterocycles. The summed E-state index contributed by atoms with van der Waals surface area (Å²) in [5, 5.41) is 20.8. The van der Waals surface area contributed by atoms with Crippen molar-refractivity contribution in [1.82, 2.24) is 5.32 Å². The zero-order valence-corrected chi connectivity index (χ0v) is 7.59. The Labute approximate surface area is 68.4 Å². The van der Waals surface area contributed by atoms with Crippen LogP contribution in [0.1, 0.15) is 27.2 Å². The highest BCUT2D eigenvalue weighted by molar-refractivity contribution is 4.77. The summed E-state index contributed by atoms with van der Waals surface area (Å²) in [6.07, 6.45) is 0.382. The first-order valence-electron chi connectivity index (χ1n) is 4.02. The lowest BCUT2D eigenvalue weighted by Gasteiger charge is -2.26. The monoisotopic (exact) mass is 161 g/mol. The summed E-state index contributed by atoms with van der Waals surface area (Å²) in [5.74, 6) is 0. The third-order valence-electron chi connectivity index (χ3n) is 1.61. The first-order valence-corrected chi connectivity index (χ1v) is 4.02. The van der Waals surface area contributed by atoms with Crippen LogP contribution in [0, 0.1) is 0 Å². The number of aliphatic hydroxyl groups is 2. The summed E-state index contributed by atoms with van der Waals surface area (Å²) in [6.45, 7) is 6.51. The predicted molar refractivity (Wildman–Crippen MR) is 45.5 cm³/mol. The fourth-order valence-corrected chi connectivity index (χ4v) is 0.792. The summed E-state index contributed by atoms with van der Waals surface area (Å²) >= 11 is 0. The topological polar surface area (TPSA) is 52.5 Å². The second kappa shape index (κ2) is 4.70. The van der Waals surface area contributed by atoms with Crippen LogP contribution in [0.4, 0.5) is 0 Å². The van der Waals surface area contributed by atoms with Crippen LogP contribution in [0.25, 0.3) is 0 Å². The van der Waals surface area contributed by atoms with E-state index < -0.39 is 0 Å². The molecule has 0 aromatic rings. The molecule has 0 saturated heterocycles. The summed E-state index contributed by atoms with van der Waals surface area (Å²) in [7, 11) is 0. The molecule has 0 heterocycles. The van der Waals surface area contributed by atoms with Crippen LogP contribution in [-0.2, 0) is 0 Å². The van der Waals surface area contributed by atoms with Crippen molar-refractivity contribution in [3.8, 4) is 0 Å². The fraction of sp³-hybridized carbons (Fsp3) is 1.00. The Balaban J connectivity index is 3.54. The second-order valence-electron chi connectivity index (χ2n) is 3.59. The largest absolute Gasteiger partial charge is 0.396 e. The van der Waals surface area contributed by atoms with Gasteiger partial charge in [-0.3, -0.25) is 0 Å².